The van der Waals surface area contributed by atoms with E-state index in [-0.39, 0.29) is 35.2 Å². The first kappa shape index (κ1) is 21.0. The molecule has 3 rings (SSSR count). The molecule has 1 saturated heterocycles. The van der Waals surface area contributed by atoms with Gasteiger partial charge in [-0.05, 0) is 43.2 Å². The maximum absolute atomic E-state index is 13.4. The van der Waals surface area contributed by atoms with Gasteiger partial charge in [-0.2, -0.15) is 0 Å². The molecule has 1 fully saturated rings. The third kappa shape index (κ3) is 6.13. The maximum atomic E-state index is 13.4. The van der Waals surface area contributed by atoms with Crippen LogP contribution < -0.4 is 20.7 Å². The monoisotopic (exact) mass is 423 g/mol. The number of carbonyl (C=O) groups is 2. The predicted molar refractivity (Wildman–Crippen MR) is 105 cm³/mol. The smallest absolute Gasteiger partial charge is 0.258 e. The largest absolute Gasteiger partial charge is 0.484 e. The highest BCUT2D eigenvalue weighted by molar-refractivity contribution is 6.30. The highest BCUT2D eigenvalue weighted by atomic mass is 35.5. The zero-order valence-corrected chi connectivity index (χ0v) is 16.1. The molecule has 2 aromatic carbocycles. The van der Waals surface area contributed by atoms with Gasteiger partial charge in [-0.1, -0.05) is 17.7 Å². The van der Waals surface area contributed by atoms with E-state index in [1.165, 1.54) is 30.3 Å². The van der Waals surface area contributed by atoms with Crippen molar-refractivity contribution >= 4 is 29.1 Å². The van der Waals surface area contributed by atoms with Crippen molar-refractivity contribution in [1.82, 2.24) is 10.6 Å². The van der Waals surface area contributed by atoms with Crippen LogP contribution in [0.25, 0.3) is 0 Å². The van der Waals surface area contributed by atoms with Crippen molar-refractivity contribution in [1.29, 1.82) is 0 Å². The zero-order valence-electron chi connectivity index (χ0n) is 15.4. The highest BCUT2D eigenvalue weighted by Gasteiger charge is 2.26. The molecule has 154 valence electrons. The summed E-state index contributed by atoms with van der Waals surface area (Å²) >= 11 is 5.60. The van der Waals surface area contributed by atoms with Crippen LogP contribution >= 0.6 is 11.6 Å². The lowest BCUT2D eigenvalue weighted by atomic mass is 10.00. The molecule has 0 spiro atoms. The molecular weight excluding hydrogens is 404 g/mol. The van der Waals surface area contributed by atoms with Crippen LogP contribution in [0.3, 0.4) is 0 Å². The Balaban J connectivity index is 1.40. The number of halogens is 3. The van der Waals surface area contributed by atoms with Gasteiger partial charge in [0.25, 0.3) is 5.91 Å². The van der Waals surface area contributed by atoms with Crippen LogP contribution in [-0.4, -0.2) is 37.0 Å². The first-order valence-electron chi connectivity index (χ1n) is 9.08. The van der Waals surface area contributed by atoms with Crippen LogP contribution in [0.4, 0.5) is 14.5 Å². The third-order valence-corrected chi connectivity index (χ3v) is 4.76. The number of anilines is 1. The Kier molecular flexibility index (Phi) is 7.00. The molecule has 0 saturated carbocycles. The fourth-order valence-electron chi connectivity index (χ4n) is 2.98. The summed E-state index contributed by atoms with van der Waals surface area (Å²) in [4.78, 5) is 24.3. The van der Waals surface area contributed by atoms with E-state index in [0.717, 1.165) is 6.07 Å². The fourth-order valence-corrected chi connectivity index (χ4v) is 3.10. The van der Waals surface area contributed by atoms with Gasteiger partial charge < -0.3 is 20.7 Å². The van der Waals surface area contributed by atoms with Gasteiger partial charge in [-0.25, -0.2) is 8.78 Å². The molecule has 2 atom stereocenters. The second-order valence-corrected chi connectivity index (χ2v) is 7.07. The predicted octanol–water partition coefficient (Wildman–Crippen LogP) is 2.87. The van der Waals surface area contributed by atoms with E-state index in [1.807, 2.05) is 0 Å². The normalized spacial score (nSPS) is 18.7. The Morgan fingerprint density at radius 3 is 2.69 bits per heavy atom. The molecule has 1 aliphatic heterocycles. The second-order valence-electron chi connectivity index (χ2n) is 6.67. The number of ether oxygens (including phenoxy) is 1. The molecule has 0 aliphatic carbocycles. The Labute approximate surface area is 171 Å². The Morgan fingerprint density at radius 2 is 2.00 bits per heavy atom. The average Bonchev–Trinajstić information content (AvgIpc) is 2.69. The molecule has 2 amide bonds. The van der Waals surface area contributed by atoms with Crippen molar-refractivity contribution in [2.75, 3.05) is 18.5 Å². The molecule has 29 heavy (non-hydrogen) atoms. The fraction of sp³-hybridized carbons (Fsp3) is 0.300. The summed E-state index contributed by atoms with van der Waals surface area (Å²) in [6.07, 6.45) is 1.10. The lowest BCUT2D eigenvalue weighted by molar-refractivity contribution is -0.124. The molecule has 1 heterocycles. The van der Waals surface area contributed by atoms with Crippen LogP contribution in [0, 0.1) is 11.6 Å². The summed E-state index contributed by atoms with van der Waals surface area (Å²) in [6, 6.07) is 9.02. The first-order valence-corrected chi connectivity index (χ1v) is 9.45. The number of benzene rings is 2. The molecule has 2 aromatic rings. The van der Waals surface area contributed by atoms with E-state index in [0.29, 0.717) is 25.1 Å². The van der Waals surface area contributed by atoms with Crippen molar-refractivity contribution in [2.45, 2.75) is 24.9 Å². The summed E-state index contributed by atoms with van der Waals surface area (Å²) in [5.74, 6) is -1.45. The summed E-state index contributed by atoms with van der Waals surface area (Å²) in [5, 5.41) is 8.52. The number of piperidine rings is 1. The Hall–Kier alpha value is -2.71. The van der Waals surface area contributed by atoms with Gasteiger partial charge in [0.05, 0.1) is 11.1 Å². The lowest BCUT2D eigenvalue weighted by Crippen LogP contribution is -2.53. The minimum atomic E-state index is -0.622. The van der Waals surface area contributed by atoms with E-state index < -0.39 is 17.7 Å². The van der Waals surface area contributed by atoms with Crippen LogP contribution in [0.5, 0.6) is 5.75 Å². The zero-order chi connectivity index (χ0) is 20.8. The average molecular weight is 424 g/mol. The van der Waals surface area contributed by atoms with Gasteiger partial charge in [0.15, 0.2) is 6.61 Å². The molecule has 0 radical (unpaired) electrons. The van der Waals surface area contributed by atoms with Gasteiger partial charge in [-0.15, -0.1) is 0 Å². The van der Waals surface area contributed by atoms with E-state index in [2.05, 4.69) is 16.0 Å². The SMILES string of the molecule is O=C(COc1ccc(Cl)c(F)c1)NC1CCC(C(=O)Nc2cccc(F)c2)NC1. The van der Waals surface area contributed by atoms with Crippen molar-refractivity contribution in [3.63, 3.8) is 0 Å². The molecule has 1 aliphatic rings. The number of hydrogen-bond donors (Lipinski definition) is 3. The molecular formula is C20H20ClF2N3O3. The maximum Gasteiger partial charge on any atom is 0.258 e. The number of carbonyl (C=O) groups excluding carboxylic acids is 2. The van der Waals surface area contributed by atoms with Crippen molar-refractivity contribution < 1.29 is 23.1 Å². The second kappa shape index (κ2) is 9.67. The highest BCUT2D eigenvalue weighted by Crippen LogP contribution is 2.20. The molecule has 3 N–H and O–H groups in total. The number of nitrogens with one attached hydrogen (secondary N) is 3. The standard InChI is InChI=1S/C20H20ClF2N3O3/c21-16-6-5-15(9-17(16)23)29-11-19(27)25-14-4-7-18(24-10-14)20(28)26-13-3-1-2-12(22)8-13/h1-3,5-6,8-9,14,18,24H,4,7,10-11H2,(H,25,27)(H,26,28). The number of rotatable bonds is 6. The topological polar surface area (TPSA) is 79.5 Å². The van der Waals surface area contributed by atoms with Gasteiger partial charge >= 0.3 is 0 Å². The van der Waals surface area contributed by atoms with E-state index in [9.17, 15) is 18.4 Å². The summed E-state index contributed by atoms with van der Waals surface area (Å²) in [5.41, 5.74) is 0.392. The summed E-state index contributed by atoms with van der Waals surface area (Å²) < 4.78 is 31.8. The van der Waals surface area contributed by atoms with Crippen LogP contribution in [0.2, 0.25) is 5.02 Å². The van der Waals surface area contributed by atoms with Gasteiger partial charge in [0.1, 0.15) is 17.4 Å². The Morgan fingerprint density at radius 1 is 1.17 bits per heavy atom. The summed E-state index contributed by atoms with van der Waals surface area (Å²) in [6.45, 7) is 0.142. The molecule has 6 nitrogen and oxygen atoms in total. The van der Waals surface area contributed by atoms with Gasteiger partial charge in [0, 0.05) is 24.3 Å². The van der Waals surface area contributed by atoms with Crippen molar-refractivity contribution in [3.8, 4) is 5.75 Å². The first-order chi connectivity index (χ1) is 13.9. The van der Waals surface area contributed by atoms with Crippen molar-refractivity contribution in [3.05, 3.63) is 59.1 Å². The lowest BCUT2D eigenvalue weighted by Gasteiger charge is -2.29. The number of hydrogen-bond acceptors (Lipinski definition) is 4. The Bertz CT molecular complexity index is 889. The van der Waals surface area contributed by atoms with Crippen LogP contribution in [0.15, 0.2) is 42.5 Å². The van der Waals surface area contributed by atoms with E-state index in [4.69, 9.17) is 16.3 Å². The molecule has 2 unspecified atom stereocenters. The quantitative estimate of drug-likeness (QED) is 0.667. The van der Waals surface area contributed by atoms with E-state index >= 15 is 0 Å². The molecule has 0 bridgehead atoms. The summed E-state index contributed by atoms with van der Waals surface area (Å²) in [7, 11) is 0. The molecule has 0 aromatic heterocycles. The van der Waals surface area contributed by atoms with Gasteiger partial charge in [0.2, 0.25) is 5.91 Å². The third-order valence-electron chi connectivity index (χ3n) is 4.45. The van der Waals surface area contributed by atoms with Crippen molar-refractivity contribution in [2.24, 2.45) is 0 Å². The van der Waals surface area contributed by atoms with E-state index in [1.54, 1.807) is 6.07 Å². The van der Waals surface area contributed by atoms with Crippen LogP contribution in [-0.2, 0) is 9.59 Å². The number of amides is 2. The van der Waals surface area contributed by atoms with Gasteiger partial charge in [-0.3, -0.25) is 9.59 Å². The molecule has 9 heteroatoms. The van der Waals surface area contributed by atoms with Crippen LogP contribution in [0.1, 0.15) is 12.8 Å². The minimum absolute atomic E-state index is 0.0222. The minimum Gasteiger partial charge on any atom is -0.484 e.